The highest BCUT2D eigenvalue weighted by Crippen LogP contribution is 2.38. The summed E-state index contributed by atoms with van der Waals surface area (Å²) in [4.78, 5) is 12.2. The van der Waals surface area contributed by atoms with E-state index in [9.17, 15) is 18.0 Å². The van der Waals surface area contributed by atoms with E-state index in [4.69, 9.17) is 4.74 Å². The first-order chi connectivity index (χ1) is 12.3. The van der Waals surface area contributed by atoms with Gasteiger partial charge in [-0.05, 0) is 50.2 Å². The van der Waals surface area contributed by atoms with Crippen LogP contribution in [-0.4, -0.2) is 31.8 Å². The highest BCUT2D eigenvalue weighted by molar-refractivity contribution is 5.74. The first-order valence-corrected chi connectivity index (χ1v) is 9.10. The molecule has 4 nitrogen and oxygen atoms in total. The van der Waals surface area contributed by atoms with Crippen molar-refractivity contribution >= 4 is 6.03 Å². The van der Waals surface area contributed by atoms with Crippen LogP contribution >= 0.6 is 0 Å². The van der Waals surface area contributed by atoms with Gasteiger partial charge in [-0.1, -0.05) is 18.2 Å². The molecule has 1 aliphatic carbocycles. The van der Waals surface area contributed by atoms with Gasteiger partial charge in [-0.3, -0.25) is 0 Å². The van der Waals surface area contributed by atoms with Crippen LogP contribution in [0.2, 0.25) is 0 Å². The smallest absolute Gasteiger partial charge is 0.381 e. The van der Waals surface area contributed by atoms with Crippen LogP contribution in [0, 0.1) is 5.92 Å². The summed E-state index contributed by atoms with van der Waals surface area (Å²) in [7, 11) is 0. The molecule has 1 atom stereocenters. The third-order valence-electron chi connectivity index (χ3n) is 5.53. The van der Waals surface area contributed by atoms with Crippen molar-refractivity contribution in [2.24, 2.45) is 5.92 Å². The van der Waals surface area contributed by atoms with Gasteiger partial charge < -0.3 is 15.4 Å². The van der Waals surface area contributed by atoms with E-state index in [2.05, 4.69) is 10.6 Å². The number of hydrogen-bond acceptors (Lipinski definition) is 2. The third-order valence-corrected chi connectivity index (χ3v) is 5.53. The van der Waals surface area contributed by atoms with Gasteiger partial charge in [-0.15, -0.1) is 0 Å². The average molecular weight is 370 g/mol. The molecule has 1 aromatic carbocycles. The van der Waals surface area contributed by atoms with E-state index in [1.165, 1.54) is 12.1 Å². The number of rotatable bonds is 5. The fraction of sp³-hybridized carbons (Fsp3) is 0.632. The predicted octanol–water partition coefficient (Wildman–Crippen LogP) is 3.85. The minimum atomic E-state index is -4.38. The number of nitrogens with one attached hydrogen (secondary N) is 2. The summed E-state index contributed by atoms with van der Waals surface area (Å²) in [6.45, 7) is 3.21. The number of urea groups is 1. The second-order valence-corrected chi connectivity index (χ2v) is 7.42. The lowest BCUT2D eigenvalue weighted by Gasteiger charge is -2.38. The summed E-state index contributed by atoms with van der Waals surface area (Å²) < 4.78 is 44.7. The summed E-state index contributed by atoms with van der Waals surface area (Å²) in [5, 5.41) is 5.80. The quantitative estimate of drug-likeness (QED) is 0.827. The molecule has 0 aromatic heterocycles. The number of carbonyl (C=O) groups is 1. The van der Waals surface area contributed by atoms with Gasteiger partial charge in [0, 0.05) is 31.2 Å². The van der Waals surface area contributed by atoms with E-state index in [-0.39, 0.29) is 12.1 Å². The molecule has 3 rings (SSSR count). The molecule has 0 spiro atoms. The van der Waals surface area contributed by atoms with Crippen LogP contribution in [0.5, 0.6) is 0 Å². The first kappa shape index (κ1) is 19.0. The number of halogens is 3. The van der Waals surface area contributed by atoms with Crippen molar-refractivity contribution in [1.82, 2.24) is 10.6 Å². The summed E-state index contributed by atoms with van der Waals surface area (Å²) in [5.41, 5.74) is -0.599. The number of ether oxygens (including phenoxy) is 1. The largest absolute Gasteiger partial charge is 0.416 e. The number of benzene rings is 1. The van der Waals surface area contributed by atoms with Gasteiger partial charge in [0.05, 0.1) is 5.56 Å². The molecule has 0 radical (unpaired) electrons. The standard InChI is InChI=1S/C19H25F3N2O2/c1-13(14-5-6-14)24-17(25)23-12-18(7-9-26-10-8-18)15-3-2-4-16(11-15)19(20,21)22/h2-4,11,13-14H,5-10,12H2,1H3,(H2,23,24,25)/t13-/m1/s1. The zero-order chi connectivity index (χ0) is 18.8. The second-order valence-electron chi connectivity index (χ2n) is 7.42. The van der Waals surface area contributed by atoms with Crippen molar-refractivity contribution in [3.63, 3.8) is 0 Å². The average Bonchev–Trinajstić information content (AvgIpc) is 3.45. The van der Waals surface area contributed by atoms with Crippen LogP contribution in [0.4, 0.5) is 18.0 Å². The van der Waals surface area contributed by atoms with Crippen molar-refractivity contribution in [2.75, 3.05) is 19.8 Å². The predicted molar refractivity (Wildman–Crippen MR) is 91.9 cm³/mol. The maximum atomic E-state index is 13.1. The Morgan fingerprint density at radius 2 is 2.00 bits per heavy atom. The Balaban J connectivity index is 1.73. The zero-order valence-corrected chi connectivity index (χ0v) is 14.9. The molecule has 1 heterocycles. The summed E-state index contributed by atoms with van der Waals surface area (Å²) in [6, 6.07) is 5.29. The lowest BCUT2D eigenvalue weighted by Crippen LogP contribution is -2.49. The normalized spacial score (nSPS) is 21.1. The number of hydrogen-bond donors (Lipinski definition) is 2. The van der Waals surface area contributed by atoms with Crippen LogP contribution in [0.3, 0.4) is 0 Å². The van der Waals surface area contributed by atoms with E-state index < -0.39 is 17.2 Å². The number of amides is 2. The Morgan fingerprint density at radius 1 is 1.31 bits per heavy atom. The van der Waals surface area contributed by atoms with E-state index in [1.807, 2.05) is 6.92 Å². The van der Waals surface area contributed by atoms with Gasteiger partial charge >= 0.3 is 12.2 Å². The number of carbonyl (C=O) groups excluding carboxylic acids is 1. The lowest BCUT2D eigenvalue weighted by molar-refractivity contribution is -0.137. The molecule has 1 saturated carbocycles. The number of alkyl halides is 3. The highest BCUT2D eigenvalue weighted by Gasteiger charge is 2.38. The van der Waals surface area contributed by atoms with Crippen molar-refractivity contribution in [3.8, 4) is 0 Å². The Morgan fingerprint density at radius 3 is 2.62 bits per heavy atom. The zero-order valence-electron chi connectivity index (χ0n) is 14.9. The van der Waals surface area contributed by atoms with E-state index in [1.54, 1.807) is 6.07 Å². The molecule has 0 bridgehead atoms. The van der Waals surface area contributed by atoms with Crippen LogP contribution in [0.15, 0.2) is 24.3 Å². The van der Waals surface area contributed by atoms with Crippen LogP contribution in [0.25, 0.3) is 0 Å². The van der Waals surface area contributed by atoms with Crippen LogP contribution in [-0.2, 0) is 16.3 Å². The Bertz CT molecular complexity index is 638. The van der Waals surface area contributed by atoms with Gasteiger partial charge in [-0.25, -0.2) is 4.79 Å². The van der Waals surface area contributed by atoms with Crippen LogP contribution in [0.1, 0.15) is 43.7 Å². The summed E-state index contributed by atoms with van der Waals surface area (Å²) in [6.07, 6.45) is -0.966. The molecule has 0 unspecified atom stereocenters. The van der Waals surface area contributed by atoms with Gasteiger partial charge in [0.25, 0.3) is 0 Å². The highest BCUT2D eigenvalue weighted by atomic mass is 19.4. The van der Waals surface area contributed by atoms with Gasteiger partial charge in [0.2, 0.25) is 0 Å². The fourth-order valence-corrected chi connectivity index (χ4v) is 3.58. The molecule has 2 N–H and O–H groups in total. The molecule has 2 aliphatic rings. The minimum Gasteiger partial charge on any atom is -0.381 e. The molecule has 2 fully saturated rings. The third kappa shape index (κ3) is 4.50. The fourth-order valence-electron chi connectivity index (χ4n) is 3.58. The second kappa shape index (κ2) is 7.47. The van der Waals surface area contributed by atoms with Crippen molar-refractivity contribution < 1.29 is 22.7 Å². The molecule has 1 aliphatic heterocycles. The Hall–Kier alpha value is -1.76. The minimum absolute atomic E-state index is 0.120. The van der Waals surface area contributed by atoms with Crippen molar-refractivity contribution in [3.05, 3.63) is 35.4 Å². The Kier molecular flexibility index (Phi) is 5.46. The van der Waals surface area contributed by atoms with Crippen molar-refractivity contribution in [1.29, 1.82) is 0 Å². The molecule has 2 amide bonds. The maximum absolute atomic E-state index is 13.1. The molecular weight excluding hydrogens is 345 g/mol. The van der Waals surface area contributed by atoms with Crippen molar-refractivity contribution in [2.45, 2.75) is 50.2 Å². The Labute approximate surface area is 151 Å². The van der Waals surface area contributed by atoms with E-state index in [0.29, 0.717) is 44.1 Å². The molecule has 1 saturated heterocycles. The molecule has 7 heteroatoms. The van der Waals surface area contributed by atoms with Gasteiger partial charge in [0.15, 0.2) is 0 Å². The summed E-state index contributed by atoms with van der Waals surface area (Å²) in [5.74, 6) is 0.543. The molecule has 1 aromatic rings. The lowest BCUT2D eigenvalue weighted by atomic mass is 9.73. The SMILES string of the molecule is C[C@@H](NC(=O)NCC1(c2cccc(C(F)(F)F)c2)CCOCC1)C1CC1. The maximum Gasteiger partial charge on any atom is 0.416 e. The van der Waals surface area contributed by atoms with Gasteiger partial charge in [0.1, 0.15) is 0 Å². The molecule has 26 heavy (non-hydrogen) atoms. The summed E-state index contributed by atoms with van der Waals surface area (Å²) >= 11 is 0. The topological polar surface area (TPSA) is 50.4 Å². The first-order valence-electron chi connectivity index (χ1n) is 9.10. The van der Waals surface area contributed by atoms with Gasteiger partial charge in [-0.2, -0.15) is 13.2 Å². The van der Waals surface area contributed by atoms with E-state index >= 15 is 0 Å². The van der Waals surface area contributed by atoms with Crippen LogP contribution < -0.4 is 10.6 Å². The van der Waals surface area contributed by atoms with E-state index in [0.717, 1.165) is 18.9 Å². The molecular formula is C19H25F3N2O2. The molecule has 144 valence electrons. The monoisotopic (exact) mass is 370 g/mol.